The lowest BCUT2D eigenvalue weighted by Crippen LogP contribution is -2.31. The van der Waals surface area contributed by atoms with Crippen molar-refractivity contribution in [1.82, 2.24) is 19.5 Å². The molecule has 0 unspecified atom stereocenters. The van der Waals surface area contributed by atoms with Crippen molar-refractivity contribution in [1.29, 1.82) is 0 Å². The molecule has 39 heavy (non-hydrogen) atoms. The van der Waals surface area contributed by atoms with Crippen molar-refractivity contribution in [3.05, 3.63) is 77.1 Å². The van der Waals surface area contributed by atoms with Gasteiger partial charge in [-0.05, 0) is 77.1 Å². The Balaban J connectivity index is 1.50. The molecule has 0 fully saturated rings. The second kappa shape index (κ2) is 12.0. The summed E-state index contributed by atoms with van der Waals surface area (Å²) in [6, 6.07) is 15.8. The van der Waals surface area contributed by atoms with E-state index in [-0.39, 0.29) is 30.4 Å². The fraction of sp³-hybridized carbons (Fsp3) is 0.345. The molecule has 206 valence electrons. The number of benzene rings is 2. The topological polar surface area (TPSA) is 103 Å². The molecule has 2 aromatic heterocycles. The van der Waals surface area contributed by atoms with Crippen LogP contribution in [0.2, 0.25) is 0 Å². The number of hydrogen-bond donors (Lipinski definition) is 0. The van der Waals surface area contributed by atoms with Gasteiger partial charge in [0.25, 0.3) is 10.1 Å². The molecule has 0 N–H and O–H groups in total. The molecule has 0 aliphatic carbocycles. The first kappa shape index (κ1) is 28.3. The molecule has 4 rings (SSSR count). The summed E-state index contributed by atoms with van der Waals surface area (Å²) < 4.78 is 37.3. The molecule has 0 aliphatic rings. The number of likely N-dealkylation sites (N-methyl/N-ethyl adjacent to an activating group) is 1. The fourth-order valence-electron chi connectivity index (χ4n) is 4.38. The smallest absolute Gasteiger partial charge is 0.297 e. The van der Waals surface area contributed by atoms with E-state index in [0.717, 1.165) is 28.1 Å². The van der Waals surface area contributed by atoms with Gasteiger partial charge in [-0.1, -0.05) is 17.7 Å². The van der Waals surface area contributed by atoms with E-state index >= 15 is 0 Å². The van der Waals surface area contributed by atoms with Gasteiger partial charge in [0.05, 0.1) is 17.0 Å². The summed E-state index contributed by atoms with van der Waals surface area (Å²) in [6.45, 7) is 10.9. The minimum absolute atomic E-state index is 0.0256. The number of fused-ring (bicyclic) bond motifs is 1. The summed E-state index contributed by atoms with van der Waals surface area (Å²) in [5.74, 6) is 0.586. The Morgan fingerprint density at radius 3 is 2.26 bits per heavy atom. The molecule has 0 radical (unpaired) electrons. The summed E-state index contributed by atoms with van der Waals surface area (Å²) in [5.41, 5.74) is 5.73. The van der Waals surface area contributed by atoms with E-state index in [1.54, 1.807) is 33.7 Å². The Labute approximate surface area is 229 Å². The molecule has 0 saturated carbocycles. The van der Waals surface area contributed by atoms with Crippen LogP contribution in [0.4, 0.5) is 0 Å². The van der Waals surface area contributed by atoms with Gasteiger partial charge in [-0.2, -0.15) is 13.5 Å². The van der Waals surface area contributed by atoms with E-state index in [4.69, 9.17) is 19.0 Å². The SMILES string of the molecule is CCN(CC)C(=O)Cc1c(-c2ccc(OCCOS(=O)(=O)c3ccc(C)cc3)cc2)nn2c(C)cc(C)nc12. The van der Waals surface area contributed by atoms with Crippen LogP contribution in [-0.2, 0) is 25.5 Å². The number of aryl methyl sites for hydroxylation is 3. The lowest BCUT2D eigenvalue weighted by molar-refractivity contribution is -0.130. The molecule has 4 aromatic rings. The van der Waals surface area contributed by atoms with Crippen LogP contribution < -0.4 is 4.74 Å². The Hall–Kier alpha value is -3.76. The average Bonchev–Trinajstić information content (AvgIpc) is 3.26. The van der Waals surface area contributed by atoms with Gasteiger partial charge in [-0.3, -0.25) is 8.98 Å². The van der Waals surface area contributed by atoms with Crippen LogP contribution in [0.15, 0.2) is 59.5 Å². The molecule has 10 heteroatoms. The van der Waals surface area contributed by atoms with E-state index < -0.39 is 10.1 Å². The third-order valence-corrected chi connectivity index (χ3v) is 7.79. The Morgan fingerprint density at radius 2 is 1.62 bits per heavy atom. The van der Waals surface area contributed by atoms with E-state index in [0.29, 0.717) is 30.2 Å². The molecule has 1 amide bonds. The second-order valence-electron chi connectivity index (χ2n) is 9.31. The molecule has 0 aliphatic heterocycles. The summed E-state index contributed by atoms with van der Waals surface area (Å²) >= 11 is 0. The highest BCUT2D eigenvalue weighted by atomic mass is 32.2. The first-order valence-electron chi connectivity index (χ1n) is 13.0. The maximum absolute atomic E-state index is 13.0. The maximum Gasteiger partial charge on any atom is 0.297 e. The molecule has 0 saturated heterocycles. The number of hydrogen-bond acceptors (Lipinski definition) is 7. The third kappa shape index (κ3) is 6.46. The van der Waals surface area contributed by atoms with Crippen molar-refractivity contribution < 1.29 is 22.1 Å². The first-order chi connectivity index (χ1) is 18.6. The number of ether oxygens (including phenoxy) is 1. The standard InChI is InChI=1S/C29H34N4O5S/c1-6-32(7-2)27(34)19-26-28(31-33-22(5)18-21(4)30-29(26)33)23-10-12-24(13-11-23)37-16-17-38-39(35,36)25-14-8-20(3)9-15-25/h8-15,18H,6-7,16-17,19H2,1-5H3. The highest BCUT2D eigenvalue weighted by Crippen LogP contribution is 2.29. The summed E-state index contributed by atoms with van der Waals surface area (Å²) in [7, 11) is -3.85. The van der Waals surface area contributed by atoms with Crippen LogP contribution in [0.5, 0.6) is 5.75 Å². The molecule has 0 spiro atoms. The summed E-state index contributed by atoms with van der Waals surface area (Å²) in [5, 5.41) is 4.81. The number of carbonyl (C=O) groups is 1. The quantitative estimate of drug-likeness (QED) is 0.200. The van der Waals surface area contributed by atoms with Crippen molar-refractivity contribution in [2.45, 2.75) is 45.9 Å². The first-order valence-corrected chi connectivity index (χ1v) is 14.4. The zero-order valence-electron chi connectivity index (χ0n) is 23.0. The fourth-order valence-corrected chi connectivity index (χ4v) is 5.28. The predicted molar refractivity (Wildman–Crippen MR) is 149 cm³/mol. The van der Waals surface area contributed by atoms with Gasteiger partial charge in [0, 0.05) is 35.6 Å². The van der Waals surface area contributed by atoms with Crippen molar-refractivity contribution in [3.63, 3.8) is 0 Å². The second-order valence-corrected chi connectivity index (χ2v) is 10.9. The molecular formula is C29H34N4O5S. The number of nitrogens with zero attached hydrogens (tertiary/aromatic N) is 4. The molecule has 9 nitrogen and oxygen atoms in total. The van der Waals surface area contributed by atoms with Gasteiger partial charge in [0.2, 0.25) is 5.91 Å². The molecule has 0 atom stereocenters. The average molecular weight is 551 g/mol. The van der Waals surface area contributed by atoms with Gasteiger partial charge in [-0.15, -0.1) is 0 Å². The lowest BCUT2D eigenvalue weighted by atomic mass is 10.0. The summed E-state index contributed by atoms with van der Waals surface area (Å²) in [4.78, 5) is 19.6. The van der Waals surface area contributed by atoms with E-state index in [1.165, 1.54) is 12.1 Å². The van der Waals surface area contributed by atoms with Crippen LogP contribution >= 0.6 is 0 Å². The minimum atomic E-state index is -3.85. The van der Waals surface area contributed by atoms with Crippen LogP contribution in [0.25, 0.3) is 16.9 Å². The number of amides is 1. The van der Waals surface area contributed by atoms with E-state index in [2.05, 4.69) is 0 Å². The molecule has 0 bridgehead atoms. The number of carbonyl (C=O) groups excluding carboxylic acids is 1. The largest absolute Gasteiger partial charge is 0.491 e. The van der Waals surface area contributed by atoms with Crippen molar-refractivity contribution >= 4 is 21.7 Å². The van der Waals surface area contributed by atoms with Crippen molar-refractivity contribution in [2.24, 2.45) is 0 Å². The lowest BCUT2D eigenvalue weighted by Gasteiger charge is -2.18. The molecular weight excluding hydrogens is 516 g/mol. The van der Waals surface area contributed by atoms with Crippen LogP contribution in [-0.4, -0.2) is 60.1 Å². The monoisotopic (exact) mass is 550 g/mol. The van der Waals surface area contributed by atoms with Crippen LogP contribution in [0, 0.1) is 20.8 Å². The zero-order valence-corrected chi connectivity index (χ0v) is 23.8. The summed E-state index contributed by atoms with van der Waals surface area (Å²) in [6.07, 6.45) is 0.196. The van der Waals surface area contributed by atoms with Crippen molar-refractivity contribution in [2.75, 3.05) is 26.3 Å². The molecule has 2 aromatic carbocycles. The number of rotatable bonds is 11. The highest BCUT2D eigenvalue weighted by molar-refractivity contribution is 7.86. The van der Waals surface area contributed by atoms with Crippen LogP contribution in [0.3, 0.4) is 0 Å². The number of aromatic nitrogens is 3. The van der Waals surface area contributed by atoms with Gasteiger partial charge in [0.1, 0.15) is 19.0 Å². The third-order valence-electron chi connectivity index (χ3n) is 6.46. The van der Waals surface area contributed by atoms with Crippen molar-refractivity contribution in [3.8, 4) is 17.0 Å². The van der Waals surface area contributed by atoms with E-state index in [1.807, 2.05) is 52.8 Å². The zero-order chi connectivity index (χ0) is 28.2. The Morgan fingerprint density at radius 1 is 0.949 bits per heavy atom. The van der Waals surface area contributed by atoms with Crippen LogP contribution in [0.1, 0.15) is 36.4 Å². The Kier molecular flexibility index (Phi) is 8.66. The van der Waals surface area contributed by atoms with Gasteiger partial charge >= 0.3 is 0 Å². The maximum atomic E-state index is 13.0. The van der Waals surface area contributed by atoms with Gasteiger partial charge in [-0.25, -0.2) is 9.50 Å². The van der Waals surface area contributed by atoms with Gasteiger partial charge < -0.3 is 9.64 Å². The molecule has 2 heterocycles. The van der Waals surface area contributed by atoms with Gasteiger partial charge in [0.15, 0.2) is 5.65 Å². The van der Waals surface area contributed by atoms with E-state index in [9.17, 15) is 13.2 Å². The highest BCUT2D eigenvalue weighted by Gasteiger charge is 2.22. The normalized spacial score (nSPS) is 11.6. The Bertz CT molecular complexity index is 1560. The minimum Gasteiger partial charge on any atom is -0.491 e. The predicted octanol–water partition coefficient (Wildman–Crippen LogP) is 4.52.